The van der Waals surface area contributed by atoms with Gasteiger partial charge >= 0.3 is 0 Å². The Morgan fingerprint density at radius 3 is 2.88 bits per heavy atom. The van der Waals surface area contributed by atoms with Crippen LogP contribution in [0.4, 0.5) is 0 Å². The van der Waals surface area contributed by atoms with Crippen molar-refractivity contribution in [2.24, 2.45) is 7.05 Å². The smallest absolute Gasteiger partial charge is 0.251 e. The fourth-order valence-electron chi connectivity index (χ4n) is 0.895. The third-order valence-corrected chi connectivity index (χ3v) is 1.79. The summed E-state index contributed by atoms with van der Waals surface area (Å²) in [4.78, 5) is 11.2. The number of aliphatic hydroxyl groups excluding tert-OH is 2. The van der Waals surface area contributed by atoms with Crippen LogP contribution >= 0.6 is 0 Å². The first kappa shape index (κ1) is 12.1. The van der Waals surface area contributed by atoms with Gasteiger partial charge in [-0.2, -0.15) is 0 Å². The molecule has 16 heavy (non-hydrogen) atoms. The van der Waals surface area contributed by atoms with E-state index in [1.54, 1.807) is 19.3 Å². The Morgan fingerprint density at radius 2 is 2.25 bits per heavy atom. The largest absolute Gasteiger partial charge is 0.393 e. The molecule has 1 aromatic rings. The van der Waals surface area contributed by atoms with Gasteiger partial charge in [0, 0.05) is 24.9 Å². The lowest BCUT2D eigenvalue weighted by molar-refractivity contribution is 0.138. The summed E-state index contributed by atoms with van der Waals surface area (Å²) in [5.74, 6) is 9.86. The second kappa shape index (κ2) is 5.77. The monoisotopic (exact) mass is 217 g/mol. The molecule has 0 spiro atoms. The third kappa shape index (κ3) is 3.62. The Bertz CT molecular complexity index is 537. The van der Waals surface area contributed by atoms with Gasteiger partial charge in [-0.05, 0) is 17.9 Å². The fraction of sp³-hybridized carbons (Fsp3) is 0.250. The van der Waals surface area contributed by atoms with Crippen molar-refractivity contribution in [3.8, 4) is 23.7 Å². The fourth-order valence-corrected chi connectivity index (χ4v) is 0.895. The molecule has 2 N–H and O–H groups in total. The maximum Gasteiger partial charge on any atom is 0.251 e. The second-order valence-corrected chi connectivity index (χ2v) is 3.08. The Morgan fingerprint density at radius 1 is 1.50 bits per heavy atom. The predicted molar refractivity (Wildman–Crippen MR) is 59.4 cm³/mol. The van der Waals surface area contributed by atoms with Crippen LogP contribution in [0.5, 0.6) is 0 Å². The minimum Gasteiger partial charge on any atom is -0.393 e. The molecule has 0 aliphatic carbocycles. The minimum atomic E-state index is -1.07. The normalized spacial score (nSPS) is 10.7. The highest BCUT2D eigenvalue weighted by molar-refractivity contribution is 5.39. The van der Waals surface area contributed by atoms with Gasteiger partial charge in [0.05, 0.1) is 6.61 Å². The van der Waals surface area contributed by atoms with Crippen molar-refractivity contribution in [3.63, 3.8) is 0 Å². The van der Waals surface area contributed by atoms with Gasteiger partial charge in [-0.3, -0.25) is 4.79 Å². The summed E-state index contributed by atoms with van der Waals surface area (Å²) in [6.07, 6.45) is 0.542. The van der Waals surface area contributed by atoms with Gasteiger partial charge in [0.2, 0.25) is 0 Å². The number of pyridine rings is 1. The molecule has 0 amide bonds. The first-order chi connectivity index (χ1) is 7.63. The van der Waals surface area contributed by atoms with Crippen molar-refractivity contribution in [2.45, 2.75) is 6.10 Å². The van der Waals surface area contributed by atoms with E-state index >= 15 is 0 Å². The zero-order chi connectivity index (χ0) is 12.0. The molecule has 0 aromatic carbocycles. The van der Waals surface area contributed by atoms with E-state index < -0.39 is 12.7 Å². The number of nitrogens with zero attached hydrogens (tertiary/aromatic N) is 1. The van der Waals surface area contributed by atoms with Crippen molar-refractivity contribution in [2.75, 3.05) is 6.61 Å². The van der Waals surface area contributed by atoms with Crippen molar-refractivity contribution >= 4 is 0 Å². The van der Waals surface area contributed by atoms with E-state index in [2.05, 4.69) is 23.7 Å². The van der Waals surface area contributed by atoms with Gasteiger partial charge in [0.25, 0.3) is 5.56 Å². The molecule has 82 valence electrons. The Kier molecular flexibility index (Phi) is 4.35. The quantitative estimate of drug-likeness (QED) is 0.599. The molecule has 0 aliphatic heterocycles. The SMILES string of the molecule is Cn1ccc(C#CC#CC(O)CO)cc1=O. The summed E-state index contributed by atoms with van der Waals surface area (Å²) in [5, 5.41) is 17.4. The van der Waals surface area contributed by atoms with Gasteiger partial charge in [-0.1, -0.05) is 11.8 Å². The number of aliphatic hydroxyl groups is 2. The molecule has 0 saturated carbocycles. The number of rotatable bonds is 1. The Hall–Kier alpha value is -2.01. The number of hydrogen-bond donors (Lipinski definition) is 2. The average Bonchev–Trinajstić information content (AvgIpc) is 2.28. The zero-order valence-corrected chi connectivity index (χ0v) is 8.77. The molecular formula is C12H11NO3. The van der Waals surface area contributed by atoms with Crippen LogP contribution in [0.3, 0.4) is 0 Å². The summed E-state index contributed by atoms with van der Waals surface area (Å²) in [6, 6.07) is 3.09. The van der Waals surface area contributed by atoms with E-state index in [4.69, 9.17) is 10.2 Å². The topological polar surface area (TPSA) is 62.5 Å². The van der Waals surface area contributed by atoms with Crippen molar-refractivity contribution < 1.29 is 10.2 Å². The summed E-state index contributed by atoms with van der Waals surface area (Å²) in [7, 11) is 1.65. The summed E-state index contributed by atoms with van der Waals surface area (Å²) in [6.45, 7) is -0.416. The lowest BCUT2D eigenvalue weighted by atomic mass is 10.2. The van der Waals surface area contributed by atoms with Crippen LogP contribution < -0.4 is 5.56 Å². The first-order valence-corrected chi connectivity index (χ1v) is 4.60. The zero-order valence-electron chi connectivity index (χ0n) is 8.77. The molecule has 0 fully saturated rings. The third-order valence-electron chi connectivity index (χ3n) is 1.79. The van der Waals surface area contributed by atoms with Crippen LogP contribution in [0, 0.1) is 23.7 Å². The molecule has 1 rings (SSSR count). The molecular weight excluding hydrogens is 206 g/mol. The van der Waals surface area contributed by atoms with Gasteiger partial charge in [0.15, 0.2) is 0 Å². The molecule has 0 aliphatic rings. The van der Waals surface area contributed by atoms with Gasteiger partial charge in [-0.15, -0.1) is 0 Å². The summed E-state index contributed by atoms with van der Waals surface area (Å²) in [5.41, 5.74) is 0.422. The minimum absolute atomic E-state index is 0.143. The molecule has 0 saturated heterocycles. The highest BCUT2D eigenvalue weighted by Crippen LogP contribution is 1.89. The van der Waals surface area contributed by atoms with Crippen LogP contribution in [0.1, 0.15) is 5.56 Å². The van der Waals surface area contributed by atoms with E-state index in [-0.39, 0.29) is 5.56 Å². The van der Waals surface area contributed by atoms with Gasteiger partial charge < -0.3 is 14.8 Å². The van der Waals surface area contributed by atoms with Crippen molar-refractivity contribution in [3.05, 3.63) is 34.2 Å². The number of aromatic nitrogens is 1. The summed E-state index contributed by atoms with van der Waals surface area (Å²) >= 11 is 0. The lowest BCUT2D eigenvalue weighted by Crippen LogP contribution is -2.14. The maximum atomic E-state index is 11.2. The van der Waals surface area contributed by atoms with Crippen LogP contribution in [0.15, 0.2) is 23.1 Å². The Balaban J connectivity index is 2.80. The lowest BCUT2D eigenvalue weighted by Gasteiger charge is -1.94. The number of aryl methyl sites for hydroxylation is 1. The summed E-state index contributed by atoms with van der Waals surface area (Å²) < 4.78 is 1.44. The van der Waals surface area contributed by atoms with Crippen LogP contribution in [-0.2, 0) is 7.05 Å². The van der Waals surface area contributed by atoms with Crippen LogP contribution in [0.25, 0.3) is 0 Å². The first-order valence-electron chi connectivity index (χ1n) is 4.60. The van der Waals surface area contributed by atoms with Crippen molar-refractivity contribution in [1.29, 1.82) is 0 Å². The van der Waals surface area contributed by atoms with Crippen molar-refractivity contribution in [1.82, 2.24) is 4.57 Å². The molecule has 0 radical (unpaired) electrons. The number of hydrogen-bond acceptors (Lipinski definition) is 3. The highest BCUT2D eigenvalue weighted by atomic mass is 16.3. The molecule has 1 atom stereocenters. The second-order valence-electron chi connectivity index (χ2n) is 3.08. The predicted octanol–water partition coefficient (Wildman–Crippen LogP) is -0.907. The van der Waals surface area contributed by atoms with E-state index in [9.17, 15) is 4.79 Å². The van der Waals surface area contributed by atoms with E-state index in [1.807, 2.05) is 0 Å². The van der Waals surface area contributed by atoms with Crippen LogP contribution in [-0.4, -0.2) is 27.5 Å². The molecule has 1 unspecified atom stereocenters. The van der Waals surface area contributed by atoms with E-state index in [0.717, 1.165) is 0 Å². The Labute approximate surface area is 93.2 Å². The molecule has 4 heteroatoms. The van der Waals surface area contributed by atoms with E-state index in [0.29, 0.717) is 5.56 Å². The van der Waals surface area contributed by atoms with Gasteiger partial charge in [0.1, 0.15) is 6.10 Å². The standard InChI is InChI=1S/C12H11NO3/c1-13-7-6-10(8-12(13)16)4-2-3-5-11(15)9-14/h6-8,11,14-15H,9H2,1H3. The maximum absolute atomic E-state index is 11.2. The molecule has 0 bridgehead atoms. The van der Waals surface area contributed by atoms with E-state index in [1.165, 1.54) is 10.6 Å². The highest BCUT2D eigenvalue weighted by Gasteiger charge is 1.91. The molecule has 1 heterocycles. The molecule has 1 aromatic heterocycles. The van der Waals surface area contributed by atoms with Crippen LogP contribution in [0.2, 0.25) is 0 Å². The van der Waals surface area contributed by atoms with Gasteiger partial charge in [-0.25, -0.2) is 0 Å². The average molecular weight is 217 g/mol. The molecule has 4 nitrogen and oxygen atoms in total.